The number of nitrogen functional groups attached to an aromatic ring is 1. The smallest absolute Gasteiger partial charge is 0.0554 e. The Morgan fingerprint density at radius 1 is 0.957 bits per heavy atom. The molecule has 2 aromatic carbocycles. The number of rotatable bonds is 1. The van der Waals surface area contributed by atoms with Crippen LogP contribution in [0.4, 0.5) is 5.69 Å². The summed E-state index contributed by atoms with van der Waals surface area (Å²) < 4.78 is 1.11. The lowest BCUT2D eigenvalue weighted by molar-refractivity contribution is 1.28. The first-order chi connectivity index (χ1) is 11.1. The van der Waals surface area contributed by atoms with Gasteiger partial charge < -0.3 is 11.1 Å². The molecule has 4 heteroatoms. The van der Waals surface area contributed by atoms with E-state index in [0.29, 0.717) is 10.4 Å². The van der Waals surface area contributed by atoms with E-state index in [0.717, 1.165) is 37.3 Å². The number of anilines is 1. The van der Waals surface area contributed by atoms with Crippen LogP contribution in [0.1, 0.15) is 0 Å². The molecule has 0 bridgehead atoms. The number of halogens is 1. The van der Waals surface area contributed by atoms with Gasteiger partial charge in [-0.15, -0.1) is 11.3 Å². The average Bonchev–Trinajstić information content (AvgIpc) is 2.52. The molecule has 4 rings (SSSR count). The standard InChI is InChI=1S/C19H13ClN2S/c20-12-3-1-2-11(8-12)19-15-6-4-13(21)9-17(15)23-18-10-14(22)5-7-16(18)19/h1-10,21H,22H2. The van der Waals surface area contributed by atoms with Crippen LogP contribution < -0.4 is 11.1 Å². The molecule has 23 heavy (non-hydrogen) atoms. The summed E-state index contributed by atoms with van der Waals surface area (Å²) in [5.74, 6) is 0. The number of hydrogen-bond donors (Lipinski definition) is 2. The molecule has 2 nitrogen and oxygen atoms in total. The molecule has 3 N–H and O–H groups in total. The predicted octanol–water partition coefficient (Wildman–Crippen LogP) is 5.39. The summed E-state index contributed by atoms with van der Waals surface area (Å²) in [5.41, 5.74) is 10.0. The molecule has 0 aromatic heterocycles. The second-order valence-electron chi connectivity index (χ2n) is 5.45. The Balaban J connectivity index is 2.20. The van der Waals surface area contributed by atoms with Gasteiger partial charge in [0.2, 0.25) is 0 Å². The minimum Gasteiger partial charge on any atom is -0.399 e. The molecular weight excluding hydrogens is 324 g/mol. The Morgan fingerprint density at radius 3 is 2.65 bits per heavy atom. The lowest BCUT2D eigenvalue weighted by atomic mass is 9.95. The van der Waals surface area contributed by atoms with Crippen molar-refractivity contribution in [2.75, 3.05) is 5.73 Å². The Morgan fingerprint density at radius 2 is 1.83 bits per heavy atom. The van der Waals surface area contributed by atoms with Gasteiger partial charge in [-0.2, -0.15) is 0 Å². The summed E-state index contributed by atoms with van der Waals surface area (Å²) in [5, 5.41) is 10.3. The van der Waals surface area contributed by atoms with E-state index in [-0.39, 0.29) is 0 Å². The number of fused-ring (bicyclic) bond motifs is 2. The van der Waals surface area contributed by atoms with E-state index in [2.05, 4.69) is 12.1 Å². The molecule has 0 spiro atoms. The number of hydrogen-bond acceptors (Lipinski definition) is 3. The molecule has 112 valence electrons. The zero-order chi connectivity index (χ0) is 16.0. The molecule has 0 radical (unpaired) electrons. The van der Waals surface area contributed by atoms with Crippen molar-refractivity contribution in [2.24, 2.45) is 0 Å². The maximum atomic E-state index is 7.90. The van der Waals surface area contributed by atoms with Crippen LogP contribution in [0.15, 0.2) is 60.7 Å². The second kappa shape index (κ2) is 5.37. The molecule has 0 atom stereocenters. The fourth-order valence-electron chi connectivity index (χ4n) is 2.86. The Kier molecular flexibility index (Phi) is 3.33. The van der Waals surface area contributed by atoms with E-state index in [9.17, 15) is 0 Å². The van der Waals surface area contributed by atoms with E-state index in [4.69, 9.17) is 22.7 Å². The van der Waals surface area contributed by atoms with Crippen LogP contribution in [0.25, 0.3) is 31.7 Å². The maximum absolute atomic E-state index is 7.90. The van der Waals surface area contributed by atoms with E-state index < -0.39 is 0 Å². The summed E-state index contributed by atoms with van der Waals surface area (Å²) >= 11 is 7.86. The predicted molar refractivity (Wildman–Crippen MR) is 99.2 cm³/mol. The van der Waals surface area contributed by atoms with Crippen molar-refractivity contribution >= 4 is 38.7 Å². The van der Waals surface area contributed by atoms with Gasteiger partial charge in [-0.1, -0.05) is 35.9 Å². The van der Waals surface area contributed by atoms with E-state index in [1.54, 1.807) is 11.3 Å². The van der Waals surface area contributed by atoms with Crippen molar-refractivity contribution in [3.05, 3.63) is 71.0 Å². The lowest BCUT2D eigenvalue weighted by Gasteiger charge is -2.16. The van der Waals surface area contributed by atoms with Crippen LogP contribution in [-0.2, 0) is 0 Å². The number of nitrogens with one attached hydrogen (secondary N) is 1. The van der Waals surface area contributed by atoms with Crippen molar-refractivity contribution in [2.45, 2.75) is 0 Å². The SMILES string of the molecule is N=c1ccc2c(-c3cccc(Cl)c3)c3ccc(N)cc3sc-2c1. The van der Waals surface area contributed by atoms with Crippen LogP contribution in [0.2, 0.25) is 5.02 Å². The van der Waals surface area contributed by atoms with Crippen LogP contribution in [-0.4, -0.2) is 0 Å². The van der Waals surface area contributed by atoms with Crippen LogP contribution in [0.3, 0.4) is 0 Å². The minimum atomic E-state index is 0.508. The quantitative estimate of drug-likeness (QED) is 0.355. The third kappa shape index (κ3) is 2.48. The molecule has 1 heterocycles. The van der Waals surface area contributed by atoms with Crippen molar-refractivity contribution in [3.8, 4) is 21.6 Å². The molecule has 0 saturated carbocycles. The lowest BCUT2D eigenvalue weighted by Crippen LogP contribution is -1.99. The fourth-order valence-corrected chi connectivity index (χ4v) is 4.23. The first-order valence-corrected chi connectivity index (χ1v) is 8.38. The summed E-state index contributed by atoms with van der Waals surface area (Å²) in [4.78, 5) is 1.07. The normalized spacial score (nSPS) is 11.2. The van der Waals surface area contributed by atoms with Gasteiger partial charge in [0.25, 0.3) is 0 Å². The highest BCUT2D eigenvalue weighted by Crippen LogP contribution is 2.43. The molecular formula is C19H13ClN2S. The molecule has 1 aliphatic carbocycles. The molecule has 0 amide bonds. The minimum absolute atomic E-state index is 0.508. The number of nitrogens with two attached hydrogens (primary N) is 1. The first kappa shape index (κ1) is 14.2. The molecule has 2 aliphatic rings. The summed E-state index contributed by atoms with van der Waals surface area (Å²) in [6, 6.07) is 19.6. The van der Waals surface area contributed by atoms with Crippen molar-refractivity contribution in [3.63, 3.8) is 0 Å². The van der Waals surface area contributed by atoms with Gasteiger partial charge in [-0.25, -0.2) is 0 Å². The second-order valence-corrected chi connectivity index (χ2v) is 6.97. The highest BCUT2D eigenvalue weighted by molar-refractivity contribution is 7.21. The molecule has 2 aromatic rings. The van der Waals surface area contributed by atoms with Crippen molar-refractivity contribution < 1.29 is 0 Å². The summed E-state index contributed by atoms with van der Waals surface area (Å²) in [7, 11) is 0. The first-order valence-electron chi connectivity index (χ1n) is 7.18. The van der Waals surface area contributed by atoms with E-state index in [1.807, 2.05) is 48.5 Å². The van der Waals surface area contributed by atoms with E-state index >= 15 is 0 Å². The zero-order valence-electron chi connectivity index (χ0n) is 12.1. The highest BCUT2D eigenvalue weighted by atomic mass is 35.5. The van der Waals surface area contributed by atoms with Gasteiger partial charge >= 0.3 is 0 Å². The summed E-state index contributed by atoms with van der Waals surface area (Å²) in [6.45, 7) is 0. The maximum Gasteiger partial charge on any atom is 0.0554 e. The molecule has 1 aliphatic heterocycles. The van der Waals surface area contributed by atoms with Crippen LogP contribution in [0.5, 0.6) is 0 Å². The van der Waals surface area contributed by atoms with Gasteiger partial charge in [-0.05, 0) is 47.5 Å². The number of benzene rings is 3. The third-order valence-corrected chi connectivity index (χ3v) is 5.21. The van der Waals surface area contributed by atoms with Gasteiger partial charge in [0.05, 0.1) is 5.36 Å². The van der Waals surface area contributed by atoms with E-state index in [1.165, 1.54) is 0 Å². The largest absolute Gasteiger partial charge is 0.399 e. The average molecular weight is 337 g/mol. The molecule has 0 fully saturated rings. The Labute approximate surface area is 142 Å². The van der Waals surface area contributed by atoms with Crippen molar-refractivity contribution in [1.29, 1.82) is 5.41 Å². The third-order valence-electron chi connectivity index (χ3n) is 3.86. The fraction of sp³-hybridized carbons (Fsp3) is 0. The van der Waals surface area contributed by atoms with Crippen LogP contribution >= 0.6 is 22.9 Å². The van der Waals surface area contributed by atoms with Crippen molar-refractivity contribution in [1.82, 2.24) is 0 Å². The monoisotopic (exact) mass is 336 g/mol. The Bertz CT molecular complexity index is 1070. The van der Waals surface area contributed by atoms with Gasteiger partial charge in [0, 0.05) is 31.2 Å². The van der Waals surface area contributed by atoms with Crippen LogP contribution in [0, 0.1) is 5.41 Å². The van der Waals surface area contributed by atoms with Gasteiger partial charge in [0.15, 0.2) is 0 Å². The summed E-state index contributed by atoms with van der Waals surface area (Å²) in [6.07, 6.45) is 0. The Hall–Kier alpha value is -2.36. The zero-order valence-corrected chi connectivity index (χ0v) is 13.7. The topological polar surface area (TPSA) is 49.9 Å². The highest BCUT2D eigenvalue weighted by Gasteiger charge is 2.15. The molecule has 0 unspecified atom stereocenters. The molecule has 0 saturated heterocycles. The van der Waals surface area contributed by atoms with Gasteiger partial charge in [0.1, 0.15) is 0 Å². The van der Waals surface area contributed by atoms with Gasteiger partial charge in [-0.3, -0.25) is 0 Å².